The van der Waals surface area contributed by atoms with Gasteiger partial charge in [0.15, 0.2) is 0 Å². The molecule has 2 aromatic rings. The van der Waals surface area contributed by atoms with Crippen molar-refractivity contribution in [3.63, 3.8) is 0 Å². The lowest BCUT2D eigenvalue weighted by atomic mass is 10.2. The number of hydrogen-bond donors (Lipinski definition) is 1. The van der Waals surface area contributed by atoms with Crippen LogP contribution in [-0.4, -0.2) is 38.4 Å². The number of aromatic carboxylic acids is 1. The maximum absolute atomic E-state index is 10.9. The van der Waals surface area contributed by atoms with Crippen molar-refractivity contribution in [1.82, 2.24) is 20.2 Å². The monoisotopic (exact) mass is 234 g/mol. The van der Waals surface area contributed by atoms with Crippen LogP contribution in [0.3, 0.4) is 0 Å². The minimum atomic E-state index is -1.18. The number of aromatic nitrogens is 4. The van der Waals surface area contributed by atoms with Gasteiger partial charge in [0.2, 0.25) is 0 Å². The van der Waals surface area contributed by atoms with E-state index < -0.39 is 5.97 Å². The van der Waals surface area contributed by atoms with E-state index >= 15 is 0 Å². The van der Waals surface area contributed by atoms with Gasteiger partial charge < -0.3 is 9.84 Å². The quantitative estimate of drug-likeness (QED) is 0.839. The minimum Gasteiger partial charge on any atom is -0.496 e. The molecular formula is C10H10N4O3. The first kappa shape index (κ1) is 11.1. The van der Waals surface area contributed by atoms with Gasteiger partial charge in [-0.25, -0.2) is 4.79 Å². The van der Waals surface area contributed by atoms with Gasteiger partial charge in [0.1, 0.15) is 5.75 Å². The van der Waals surface area contributed by atoms with Crippen LogP contribution in [0.4, 0.5) is 0 Å². The van der Waals surface area contributed by atoms with Crippen LogP contribution in [-0.2, 0) is 0 Å². The van der Waals surface area contributed by atoms with Crippen molar-refractivity contribution in [2.45, 2.75) is 6.92 Å². The SMILES string of the molecule is COc1ccc(-n2nnnc2C(=O)O)cc1C. The molecule has 0 amide bonds. The second kappa shape index (κ2) is 4.20. The Morgan fingerprint density at radius 3 is 2.82 bits per heavy atom. The Balaban J connectivity index is 2.50. The van der Waals surface area contributed by atoms with Gasteiger partial charge in [-0.2, -0.15) is 4.68 Å². The lowest BCUT2D eigenvalue weighted by Gasteiger charge is -2.07. The van der Waals surface area contributed by atoms with Crippen molar-refractivity contribution in [1.29, 1.82) is 0 Å². The maximum atomic E-state index is 10.9. The molecule has 0 saturated heterocycles. The molecule has 88 valence electrons. The van der Waals surface area contributed by atoms with E-state index in [1.54, 1.807) is 25.3 Å². The highest BCUT2D eigenvalue weighted by Gasteiger charge is 2.15. The first-order valence-electron chi connectivity index (χ1n) is 4.80. The molecule has 0 bridgehead atoms. The summed E-state index contributed by atoms with van der Waals surface area (Å²) < 4.78 is 6.28. The van der Waals surface area contributed by atoms with Crippen molar-refractivity contribution in [3.05, 3.63) is 29.6 Å². The standard InChI is InChI=1S/C10H10N4O3/c1-6-5-7(3-4-8(6)17-2)14-9(10(15)16)11-12-13-14/h3-5H,1-2H3,(H,15,16). The number of rotatable bonds is 3. The van der Waals surface area contributed by atoms with Crippen LogP contribution < -0.4 is 4.74 Å². The van der Waals surface area contributed by atoms with Gasteiger partial charge in [-0.15, -0.1) is 5.10 Å². The fraction of sp³-hybridized carbons (Fsp3) is 0.200. The molecule has 1 aromatic carbocycles. The van der Waals surface area contributed by atoms with Crippen LogP contribution in [0.15, 0.2) is 18.2 Å². The third-order valence-electron chi connectivity index (χ3n) is 2.28. The zero-order chi connectivity index (χ0) is 12.4. The summed E-state index contributed by atoms with van der Waals surface area (Å²) in [5.41, 5.74) is 1.45. The molecule has 0 unspecified atom stereocenters. The number of carboxylic acids is 1. The number of tetrazole rings is 1. The van der Waals surface area contributed by atoms with E-state index in [1.807, 2.05) is 6.92 Å². The molecule has 1 aromatic heterocycles. The Labute approximate surface area is 96.6 Å². The van der Waals surface area contributed by atoms with Crippen LogP contribution >= 0.6 is 0 Å². The molecule has 0 atom stereocenters. The Hall–Kier alpha value is -2.44. The average molecular weight is 234 g/mol. The molecule has 0 spiro atoms. The fourth-order valence-electron chi connectivity index (χ4n) is 1.49. The van der Waals surface area contributed by atoms with E-state index in [-0.39, 0.29) is 5.82 Å². The predicted octanol–water partition coefficient (Wildman–Crippen LogP) is 0.678. The number of aryl methyl sites for hydroxylation is 1. The van der Waals surface area contributed by atoms with E-state index in [2.05, 4.69) is 15.5 Å². The highest BCUT2D eigenvalue weighted by Crippen LogP contribution is 2.20. The first-order chi connectivity index (χ1) is 8.13. The van der Waals surface area contributed by atoms with Gasteiger partial charge in [0, 0.05) is 0 Å². The second-order valence-electron chi connectivity index (χ2n) is 3.37. The number of ether oxygens (including phenoxy) is 1. The average Bonchev–Trinajstić information content (AvgIpc) is 2.77. The number of carbonyl (C=O) groups is 1. The molecule has 7 nitrogen and oxygen atoms in total. The minimum absolute atomic E-state index is 0.227. The number of carboxylic acid groups (broad SMARTS) is 1. The Bertz CT molecular complexity index is 564. The van der Waals surface area contributed by atoms with Crippen molar-refractivity contribution < 1.29 is 14.6 Å². The molecule has 1 heterocycles. The van der Waals surface area contributed by atoms with Crippen molar-refractivity contribution in [2.75, 3.05) is 7.11 Å². The summed E-state index contributed by atoms with van der Waals surface area (Å²) in [7, 11) is 1.57. The van der Waals surface area contributed by atoms with Crippen LogP contribution in [0, 0.1) is 6.92 Å². The summed E-state index contributed by atoms with van der Waals surface area (Å²) >= 11 is 0. The lowest BCUT2D eigenvalue weighted by molar-refractivity contribution is 0.0680. The first-order valence-corrected chi connectivity index (χ1v) is 4.80. The third kappa shape index (κ3) is 1.94. The molecular weight excluding hydrogens is 224 g/mol. The number of methoxy groups -OCH3 is 1. The van der Waals surface area contributed by atoms with Gasteiger partial charge in [0.05, 0.1) is 12.8 Å². The largest absolute Gasteiger partial charge is 0.496 e. The van der Waals surface area contributed by atoms with Gasteiger partial charge in [-0.3, -0.25) is 0 Å². The predicted molar refractivity (Wildman–Crippen MR) is 57.4 cm³/mol. The Kier molecular flexibility index (Phi) is 2.73. The second-order valence-corrected chi connectivity index (χ2v) is 3.37. The van der Waals surface area contributed by atoms with E-state index in [1.165, 1.54) is 0 Å². The summed E-state index contributed by atoms with van der Waals surface area (Å²) in [6, 6.07) is 5.17. The summed E-state index contributed by atoms with van der Waals surface area (Å²) in [6.07, 6.45) is 0. The summed E-state index contributed by atoms with van der Waals surface area (Å²) in [5, 5.41) is 19.3. The zero-order valence-electron chi connectivity index (χ0n) is 9.28. The summed E-state index contributed by atoms with van der Waals surface area (Å²) in [6.45, 7) is 1.85. The number of nitrogens with zero attached hydrogens (tertiary/aromatic N) is 4. The highest BCUT2D eigenvalue weighted by molar-refractivity contribution is 5.83. The smallest absolute Gasteiger partial charge is 0.376 e. The van der Waals surface area contributed by atoms with Gasteiger partial charge in [-0.1, -0.05) is 0 Å². The molecule has 0 aliphatic rings. The topological polar surface area (TPSA) is 90.1 Å². The van der Waals surface area contributed by atoms with Gasteiger partial charge >= 0.3 is 5.97 Å². The number of benzene rings is 1. The van der Waals surface area contributed by atoms with Crippen molar-refractivity contribution in [2.24, 2.45) is 0 Å². The third-order valence-corrected chi connectivity index (χ3v) is 2.28. The molecule has 0 fully saturated rings. The van der Waals surface area contributed by atoms with E-state index in [4.69, 9.17) is 9.84 Å². The van der Waals surface area contributed by atoms with E-state index in [9.17, 15) is 4.79 Å². The summed E-state index contributed by atoms with van der Waals surface area (Å²) in [5.74, 6) is -0.684. The molecule has 1 N–H and O–H groups in total. The van der Waals surface area contributed by atoms with Crippen LogP contribution in [0.2, 0.25) is 0 Å². The van der Waals surface area contributed by atoms with Crippen molar-refractivity contribution in [3.8, 4) is 11.4 Å². The van der Waals surface area contributed by atoms with Crippen LogP contribution in [0.25, 0.3) is 5.69 Å². The molecule has 2 rings (SSSR count). The molecule has 17 heavy (non-hydrogen) atoms. The maximum Gasteiger partial charge on any atom is 0.376 e. The van der Waals surface area contributed by atoms with Crippen LogP contribution in [0.5, 0.6) is 5.75 Å². The van der Waals surface area contributed by atoms with Gasteiger partial charge in [-0.05, 0) is 41.1 Å². The normalized spacial score (nSPS) is 10.2. The lowest BCUT2D eigenvalue weighted by Crippen LogP contribution is -2.09. The highest BCUT2D eigenvalue weighted by atomic mass is 16.5. The van der Waals surface area contributed by atoms with E-state index in [0.717, 1.165) is 16.0 Å². The molecule has 0 saturated carbocycles. The zero-order valence-corrected chi connectivity index (χ0v) is 9.28. The number of hydrogen-bond acceptors (Lipinski definition) is 5. The Morgan fingerprint density at radius 1 is 1.47 bits per heavy atom. The molecule has 0 aliphatic heterocycles. The van der Waals surface area contributed by atoms with Crippen molar-refractivity contribution >= 4 is 5.97 Å². The molecule has 0 aliphatic carbocycles. The molecule has 7 heteroatoms. The summed E-state index contributed by atoms with van der Waals surface area (Å²) in [4.78, 5) is 10.9. The van der Waals surface area contributed by atoms with Crippen LogP contribution in [0.1, 0.15) is 16.2 Å². The van der Waals surface area contributed by atoms with Gasteiger partial charge in [0.25, 0.3) is 5.82 Å². The fourth-order valence-corrected chi connectivity index (χ4v) is 1.49. The Morgan fingerprint density at radius 2 is 2.24 bits per heavy atom. The molecule has 0 radical (unpaired) electrons. The van der Waals surface area contributed by atoms with E-state index in [0.29, 0.717) is 5.69 Å².